The third-order valence-electron chi connectivity index (χ3n) is 2.52. The van der Waals surface area contributed by atoms with E-state index >= 15 is 0 Å². The Balaban J connectivity index is 2.15. The zero-order valence-corrected chi connectivity index (χ0v) is 11.7. The normalized spacial score (nSPS) is 10.1. The second kappa shape index (κ2) is 5.66. The maximum absolute atomic E-state index is 12.0. The summed E-state index contributed by atoms with van der Waals surface area (Å²) in [6.45, 7) is 0. The van der Waals surface area contributed by atoms with Crippen molar-refractivity contribution in [3.63, 3.8) is 0 Å². The molecule has 0 spiro atoms. The molecule has 0 aliphatic heterocycles. The van der Waals surface area contributed by atoms with Gasteiger partial charge in [-0.3, -0.25) is 20.2 Å². The average molecular weight is 292 g/mol. The van der Waals surface area contributed by atoms with E-state index in [1.165, 1.54) is 0 Å². The largest absolute Gasteiger partial charge is 0.378 e. The Morgan fingerprint density at radius 3 is 2.80 bits per heavy atom. The number of amides is 1. The molecular formula is C12H12N4O3S. The number of benzene rings is 1. The SMILES string of the molecule is CN(C)c1cccc(C(=O)Nc2ncc([N+](=O)[O-])s2)c1. The second-order valence-corrected chi connectivity index (χ2v) is 5.17. The summed E-state index contributed by atoms with van der Waals surface area (Å²) in [7, 11) is 3.75. The van der Waals surface area contributed by atoms with E-state index in [4.69, 9.17) is 0 Å². The number of nitro groups is 1. The zero-order chi connectivity index (χ0) is 14.7. The average Bonchev–Trinajstić information content (AvgIpc) is 2.87. The van der Waals surface area contributed by atoms with Crippen LogP contribution in [0.2, 0.25) is 0 Å². The predicted octanol–water partition coefficient (Wildman–Crippen LogP) is 2.37. The van der Waals surface area contributed by atoms with Crippen LogP contribution in [0.3, 0.4) is 0 Å². The molecule has 0 fully saturated rings. The predicted molar refractivity (Wildman–Crippen MR) is 77.5 cm³/mol. The molecule has 7 nitrogen and oxygen atoms in total. The van der Waals surface area contributed by atoms with Crippen molar-refractivity contribution in [1.82, 2.24) is 4.98 Å². The van der Waals surface area contributed by atoms with Crippen LogP contribution in [0, 0.1) is 10.1 Å². The number of thiazole rings is 1. The number of nitrogens with one attached hydrogen (secondary N) is 1. The fourth-order valence-corrected chi connectivity index (χ4v) is 2.13. The van der Waals surface area contributed by atoms with E-state index in [9.17, 15) is 14.9 Å². The molecule has 1 N–H and O–H groups in total. The van der Waals surface area contributed by atoms with Crippen LogP contribution < -0.4 is 10.2 Å². The van der Waals surface area contributed by atoms with Crippen molar-refractivity contribution >= 4 is 33.1 Å². The number of aromatic nitrogens is 1. The van der Waals surface area contributed by atoms with Crippen LogP contribution in [0.15, 0.2) is 30.5 Å². The summed E-state index contributed by atoms with van der Waals surface area (Å²) < 4.78 is 0. The molecule has 1 amide bonds. The number of carbonyl (C=O) groups is 1. The van der Waals surface area contributed by atoms with Gasteiger partial charge in [-0.25, -0.2) is 4.98 Å². The highest BCUT2D eigenvalue weighted by molar-refractivity contribution is 7.18. The molecule has 0 unspecified atom stereocenters. The monoisotopic (exact) mass is 292 g/mol. The molecule has 2 rings (SSSR count). The molecule has 0 aliphatic rings. The van der Waals surface area contributed by atoms with E-state index < -0.39 is 4.92 Å². The summed E-state index contributed by atoms with van der Waals surface area (Å²) in [6, 6.07) is 7.06. The van der Waals surface area contributed by atoms with Gasteiger partial charge in [-0.05, 0) is 29.5 Å². The molecule has 0 atom stereocenters. The van der Waals surface area contributed by atoms with Crippen molar-refractivity contribution in [3.8, 4) is 0 Å². The number of anilines is 2. The topological polar surface area (TPSA) is 88.4 Å². The van der Waals surface area contributed by atoms with Crippen LogP contribution in [0.25, 0.3) is 0 Å². The fourth-order valence-electron chi connectivity index (χ4n) is 1.50. The first-order valence-corrected chi connectivity index (χ1v) is 6.48. The van der Waals surface area contributed by atoms with Crippen LogP contribution in [0.4, 0.5) is 15.8 Å². The minimum Gasteiger partial charge on any atom is -0.378 e. The molecule has 1 aromatic carbocycles. The van der Waals surface area contributed by atoms with Gasteiger partial charge in [-0.15, -0.1) is 0 Å². The van der Waals surface area contributed by atoms with Gasteiger partial charge in [-0.2, -0.15) is 0 Å². The van der Waals surface area contributed by atoms with E-state index in [1.807, 2.05) is 25.1 Å². The first-order valence-electron chi connectivity index (χ1n) is 5.66. The van der Waals surface area contributed by atoms with Crippen molar-refractivity contribution in [2.45, 2.75) is 0 Å². The van der Waals surface area contributed by atoms with Crippen molar-refractivity contribution < 1.29 is 9.72 Å². The van der Waals surface area contributed by atoms with Gasteiger partial charge < -0.3 is 4.90 Å². The lowest BCUT2D eigenvalue weighted by Crippen LogP contribution is -2.14. The summed E-state index contributed by atoms with van der Waals surface area (Å²) >= 11 is 0.822. The van der Waals surface area contributed by atoms with E-state index in [0.29, 0.717) is 5.56 Å². The number of hydrogen-bond acceptors (Lipinski definition) is 6. The maximum atomic E-state index is 12.0. The van der Waals surface area contributed by atoms with E-state index in [2.05, 4.69) is 10.3 Å². The first-order chi connectivity index (χ1) is 9.47. The van der Waals surface area contributed by atoms with Crippen LogP contribution in [0.1, 0.15) is 10.4 Å². The minimum absolute atomic E-state index is 0.109. The smallest absolute Gasteiger partial charge is 0.345 e. The molecule has 0 saturated heterocycles. The lowest BCUT2D eigenvalue weighted by molar-refractivity contribution is -0.380. The lowest BCUT2D eigenvalue weighted by atomic mass is 10.2. The van der Waals surface area contributed by atoms with Gasteiger partial charge in [0.2, 0.25) is 0 Å². The minimum atomic E-state index is -0.542. The molecule has 1 aromatic heterocycles. The van der Waals surface area contributed by atoms with Crippen LogP contribution in [-0.2, 0) is 0 Å². The Kier molecular flexibility index (Phi) is 3.94. The molecular weight excluding hydrogens is 280 g/mol. The highest BCUT2D eigenvalue weighted by Gasteiger charge is 2.14. The highest BCUT2D eigenvalue weighted by Crippen LogP contribution is 2.25. The standard InChI is InChI=1S/C12H12N4O3S/c1-15(2)9-5-3-4-8(6-9)11(17)14-12-13-7-10(20-12)16(18)19/h3-7H,1-2H3,(H,13,14,17). The maximum Gasteiger partial charge on any atom is 0.345 e. The van der Waals surface area contributed by atoms with Crippen molar-refractivity contribution in [3.05, 3.63) is 46.1 Å². The Hall–Kier alpha value is -2.48. The third-order valence-corrected chi connectivity index (χ3v) is 3.38. The van der Waals surface area contributed by atoms with Crippen molar-refractivity contribution in [2.24, 2.45) is 0 Å². The Morgan fingerprint density at radius 2 is 2.20 bits per heavy atom. The van der Waals surface area contributed by atoms with Gasteiger partial charge in [0.25, 0.3) is 5.91 Å². The highest BCUT2D eigenvalue weighted by atomic mass is 32.1. The van der Waals surface area contributed by atoms with Crippen LogP contribution in [0.5, 0.6) is 0 Å². The first kappa shape index (κ1) is 13.9. The van der Waals surface area contributed by atoms with Gasteiger partial charge in [0.1, 0.15) is 6.20 Å². The summed E-state index contributed by atoms with van der Waals surface area (Å²) in [5, 5.41) is 13.2. The number of nitrogens with zero attached hydrogens (tertiary/aromatic N) is 3. The summed E-state index contributed by atoms with van der Waals surface area (Å²) in [4.78, 5) is 27.7. The molecule has 20 heavy (non-hydrogen) atoms. The van der Waals surface area contributed by atoms with Crippen LogP contribution in [-0.4, -0.2) is 29.9 Å². The molecule has 8 heteroatoms. The summed E-state index contributed by atoms with van der Waals surface area (Å²) in [6.07, 6.45) is 1.12. The quantitative estimate of drug-likeness (QED) is 0.690. The zero-order valence-electron chi connectivity index (χ0n) is 10.9. The molecule has 104 valence electrons. The van der Waals surface area contributed by atoms with E-state index in [1.54, 1.807) is 18.2 Å². The molecule has 2 aromatic rings. The number of rotatable bonds is 4. The Morgan fingerprint density at radius 1 is 1.45 bits per heavy atom. The van der Waals surface area contributed by atoms with Crippen molar-refractivity contribution in [2.75, 3.05) is 24.3 Å². The molecule has 0 bridgehead atoms. The Bertz CT molecular complexity index is 654. The Labute approximate surface area is 119 Å². The summed E-state index contributed by atoms with van der Waals surface area (Å²) in [5.74, 6) is -0.349. The van der Waals surface area contributed by atoms with Gasteiger partial charge in [0, 0.05) is 25.3 Å². The van der Waals surface area contributed by atoms with Gasteiger partial charge in [0.05, 0.1) is 4.92 Å². The number of carbonyl (C=O) groups excluding carboxylic acids is 1. The lowest BCUT2D eigenvalue weighted by Gasteiger charge is -2.13. The van der Waals surface area contributed by atoms with Gasteiger partial charge in [0.15, 0.2) is 5.13 Å². The number of hydrogen-bond donors (Lipinski definition) is 1. The summed E-state index contributed by atoms with van der Waals surface area (Å²) in [5.41, 5.74) is 1.36. The van der Waals surface area contributed by atoms with Gasteiger partial charge in [-0.1, -0.05) is 6.07 Å². The second-order valence-electron chi connectivity index (χ2n) is 4.16. The third kappa shape index (κ3) is 3.09. The van der Waals surface area contributed by atoms with Crippen LogP contribution >= 0.6 is 11.3 Å². The van der Waals surface area contributed by atoms with Crippen molar-refractivity contribution in [1.29, 1.82) is 0 Å². The molecule has 1 heterocycles. The fraction of sp³-hybridized carbons (Fsp3) is 0.167. The molecule has 0 aliphatic carbocycles. The van der Waals surface area contributed by atoms with E-state index in [-0.39, 0.29) is 16.0 Å². The molecule has 0 radical (unpaired) electrons. The van der Waals surface area contributed by atoms with E-state index in [0.717, 1.165) is 23.2 Å². The molecule has 0 saturated carbocycles. The van der Waals surface area contributed by atoms with Gasteiger partial charge >= 0.3 is 5.00 Å².